The lowest BCUT2D eigenvalue weighted by molar-refractivity contribution is -0.139. The highest BCUT2D eigenvalue weighted by molar-refractivity contribution is 7.10. The van der Waals surface area contributed by atoms with Crippen LogP contribution in [0.5, 0.6) is 0 Å². The largest absolute Gasteiger partial charge is 0.372 e. The molecule has 0 N–H and O–H groups in total. The van der Waals surface area contributed by atoms with Crippen LogP contribution in [-0.2, 0) is 16.0 Å². The average Bonchev–Trinajstić information content (AvgIpc) is 3.11. The van der Waals surface area contributed by atoms with Gasteiger partial charge in [-0.2, -0.15) is 0 Å². The van der Waals surface area contributed by atoms with Gasteiger partial charge < -0.3 is 9.64 Å². The van der Waals surface area contributed by atoms with Crippen LogP contribution in [0.25, 0.3) is 0 Å². The molecule has 1 saturated carbocycles. The number of carbonyl (C=O) groups is 1. The fourth-order valence-corrected chi connectivity index (χ4v) is 3.73. The van der Waals surface area contributed by atoms with Crippen molar-refractivity contribution in [2.24, 2.45) is 5.92 Å². The Morgan fingerprint density at radius 3 is 3.11 bits per heavy atom. The van der Waals surface area contributed by atoms with E-state index in [9.17, 15) is 4.79 Å². The second kappa shape index (κ2) is 5.02. The Kier molecular flexibility index (Phi) is 3.39. The maximum atomic E-state index is 12.2. The zero-order valence-electron chi connectivity index (χ0n) is 10.7. The summed E-state index contributed by atoms with van der Waals surface area (Å²) in [6.45, 7) is 3.63. The van der Waals surface area contributed by atoms with Gasteiger partial charge in [0.05, 0.1) is 6.04 Å². The number of nitrogens with zero attached hydrogens (tertiary/aromatic N) is 1. The molecule has 1 aliphatic carbocycles. The van der Waals surface area contributed by atoms with E-state index in [1.807, 2.05) is 18.3 Å². The van der Waals surface area contributed by atoms with Gasteiger partial charge in [-0.1, -0.05) is 0 Å². The Balaban J connectivity index is 1.80. The molecule has 0 saturated heterocycles. The molecule has 1 aromatic heterocycles. The molecule has 0 bridgehead atoms. The molecule has 1 aliphatic heterocycles. The third-order valence-corrected chi connectivity index (χ3v) is 4.83. The lowest BCUT2D eigenvalue weighted by Crippen LogP contribution is -2.42. The van der Waals surface area contributed by atoms with Crippen LogP contribution < -0.4 is 0 Å². The molecule has 1 aromatic rings. The minimum atomic E-state index is 0.158. The highest BCUT2D eigenvalue weighted by atomic mass is 32.1. The number of hydrogen-bond donors (Lipinski definition) is 0. The molecule has 18 heavy (non-hydrogen) atoms. The lowest BCUT2D eigenvalue weighted by Gasteiger charge is -2.36. The summed E-state index contributed by atoms with van der Waals surface area (Å²) in [6, 6.07) is 2.54. The van der Waals surface area contributed by atoms with Crippen LogP contribution in [0.3, 0.4) is 0 Å². The van der Waals surface area contributed by atoms with Gasteiger partial charge in [-0.05, 0) is 49.1 Å². The number of hydrogen-bond acceptors (Lipinski definition) is 3. The summed E-state index contributed by atoms with van der Waals surface area (Å²) in [6.07, 6.45) is 3.53. The molecule has 0 aromatic carbocycles. The van der Waals surface area contributed by atoms with Crippen molar-refractivity contribution < 1.29 is 9.53 Å². The first-order chi connectivity index (χ1) is 8.81. The topological polar surface area (TPSA) is 29.5 Å². The number of rotatable bonds is 4. The minimum absolute atomic E-state index is 0.158. The quantitative estimate of drug-likeness (QED) is 0.837. The summed E-state index contributed by atoms with van der Waals surface area (Å²) < 4.78 is 5.28. The zero-order chi connectivity index (χ0) is 12.5. The van der Waals surface area contributed by atoms with Gasteiger partial charge in [-0.3, -0.25) is 4.79 Å². The second-order valence-corrected chi connectivity index (χ2v) is 6.06. The molecule has 2 aliphatic rings. The summed E-state index contributed by atoms with van der Waals surface area (Å²) in [4.78, 5) is 15.8. The second-order valence-electron chi connectivity index (χ2n) is 5.06. The Hall–Kier alpha value is -0.870. The Labute approximate surface area is 112 Å². The molecule has 3 nitrogen and oxygen atoms in total. The average molecular weight is 265 g/mol. The Morgan fingerprint density at radius 1 is 1.56 bits per heavy atom. The van der Waals surface area contributed by atoms with E-state index in [1.54, 1.807) is 0 Å². The number of ether oxygens (including phenoxy) is 1. The highest BCUT2D eigenvalue weighted by Gasteiger charge is 2.41. The van der Waals surface area contributed by atoms with Crippen molar-refractivity contribution in [2.75, 3.05) is 19.8 Å². The third kappa shape index (κ3) is 2.19. The van der Waals surface area contributed by atoms with Crippen LogP contribution >= 0.6 is 11.3 Å². The van der Waals surface area contributed by atoms with Crippen molar-refractivity contribution in [3.63, 3.8) is 0 Å². The van der Waals surface area contributed by atoms with Gasteiger partial charge in [0.15, 0.2) is 0 Å². The number of fused-ring (bicyclic) bond motifs is 1. The van der Waals surface area contributed by atoms with Crippen LogP contribution in [0.2, 0.25) is 0 Å². The monoisotopic (exact) mass is 265 g/mol. The molecular formula is C14H19NO2S. The van der Waals surface area contributed by atoms with Crippen molar-refractivity contribution >= 4 is 17.2 Å². The van der Waals surface area contributed by atoms with Crippen LogP contribution in [0, 0.1) is 5.92 Å². The first-order valence-corrected chi connectivity index (χ1v) is 7.62. The predicted octanol–water partition coefficient (Wildman–Crippen LogP) is 2.62. The van der Waals surface area contributed by atoms with Gasteiger partial charge in [-0.25, -0.2) is 0 Å². The van der Waals surface area contributed by atoms with Crippen molar-refractivity contribution in [1.29, 1.82) is 0 Å². The highest BCUT2D eigenvalue weighted by Crippen LogP contribution is 2.48. The molecule has 4 heteroatoms. The van der Waals surface area contributed by atoms with Crippen LogP contribution in [0.4, 0.5) is 0 Å². The number of carbonyl (C=O) groups excluding carboxylic acids is 1. The molecule has 1 unspecified atom stereocenters. The van der Waals surface area contributed by atoms with Gasteiger partial charge >= 0.3 is 0 Å². The Bertz CT molecular complexity index is 439. The molecular weight excluding hydrogens is 246 g/mol. The van der Waals surface area contributed by atoms with Crippen molar-refractivity contribution in [3.8, 4) is 0 Å². The van der Waals surface area contributed by atoms with Crippen LogP contribution in [-0.4, -0.2) is 30.6 Å². The summed E-state index contributed by atoms with van der Waals surface area (Å²) in [7, 11) is 0. The maximum absolute atomic E-state index is 12.2. The number of thiophene rings is 1. The van der Waals surface area contributed by atoms with Crippen molar-refractivity contribution in [3.05, 3.63) is 21.9 Å². The summed E-state index contributed by atoms with van der Waals surface area (Å²) >= 11 is 1.84. The van der Waals surface area contributed by atoms with E-state index in [1.165, 1.54) is 23.3 Å². The molecule has 3 rings (SSSR count). The van der Waals surface area contributed by atoms with E-state index in [4.69, 9.17) is 4.74 Å². The fourth-order valence-electron chi connectivity index (χ4n) is 2.82. The summed E-state index contributed by atoms with van der Waals surface area (Å²) in [5.41, 5.74) is 1.40. The molecule has 2 heterocycles. The van der Waals surface area contributed by atoms with Crippen LogP contribution in [0.1, 0.15) is 36.2 Å². The van der Waals surface area contributed by atoms with E-state index in [0.29, 0.717) is 18.6 Å². The molecule has 1 fully saturated rings. The molecule has 0 radical (unpaired) electrons. The van der Waals surface area contributed by atoms with Gasteiger partial charge in [0.2, 0.25) is 5.91 Å². The van der Waals surface area contributed by atoms with Gasteiger partial charge in [0.25, 0.3) is 0 Å². The van der Waals surface area contributed by atoms with E-state index in [-0.39, 0.29) is 12.5 Å². The first-order valence-electron chi connectivity index (χ1n) is 6.74. The lowest BCUT2D eigenvalue weighted by atomic mass is 9.96. The van der Waals surface area contributed by atoms with E-state index in [0.717, 1.165) is 13.0 Å². The summed E-state index contributed by atoms with van der Waals surface area (Å²) in [5.74, 6) is 0.842. The standard InChI is InChI=1S/C14H19NO2S/c1-2-17-9-13(16)15-7-5-12-11(6-8-18-12)14(15)10-3-4-10/h6,8,10,14H,2-5,7,9H2,1H3. The first kappa shape index (κ1) is 12.2. The summed E-state index contributed by atoms with van der Waals surface area (Å²) in [5, 5.41) is 2.16. The predicted molar refractivity (Wildman–Crippen MR) is 71.7 cm³/mol. The van der Waals surface area contributed by atoms with E-state index < -0.39 is 0 Å². The van der Waals surface area contributed by atoms with Crippen LogP contribution in [0.15, 0.2) is 11.4 Å². The maximum Gasteiger partial charge on any atom is 0.249 e. The molecule has 1 atom stereocenters. The smallest absolute Gasteiger partial charge is 0.249 e. The zero-order valence-corrected chi connectivity index (χ0v) is 11.5. The van der Waals surface area contributed by atoms with Crippen molar-refractivity contribution in [1.82, 2.24) is 4.90 Å². The van der Waals surface area contributed by atoms with E-state index >= 15 is 0 Å². The third-order valence-electron chi connectivity index (χ3n) is 3.83. The molecule has 0 spiro atoms. The minimum Gasteiger partial charge on any atom is -0.372 e. The Morgan fingerprint density at radius 2 is 2.39 bits per heavy atom. The normalized spacial score (nSPS) is 22.9. The van der Waals surface area contributed by atoms with Gasteiger partial charge in [-0.15, -0.1) is 11.3 Å². The fraction of sp³-hybridized carbons (Fsp3) is 0.643. The number of amides is 1. The van der Waals surface area contributed by atoms with Gasteiger partial charge in [0, 0.05) is 18.0 Å². The SMILES string of the molecule is CCOCC(=O)N1CCc2sccc2C1C1CC1. The molecule has 1 amide bonds. The van der Waals surface area contributed by atoms with Crippen molar-refractivity contribution in [2.45, 2.75) is 32.2 Å². The molecule has 98 valence electrons. The van der Waals surface area contributed by atoms with E-state index in [2.05, 4.69) is 16.3 Å². The van der Waals surface area contributed by atoms with Gasteiger partial charge in [0.1, 0.15) is 6.61 Å².